The molecule has 0 amide bonds. The van der Waals surface area contributed by atoms with E-state index < -0.39 is 0 Å². The first-order valence-electron chi connectivity index (χ1n) is 5.85. The van der Waals surface area contributed by atoms with E-state index in [9.17, 15) is 0 Å². The van der Waals surface area contributed by atoms with Crippen LogP contribution in [0.25, 0.3) is 0 Å². The van der Waals surface area contributed by atoms with Crippen molar-refractivity contribution in [2.75, 3.05) is 18.5 Å². The summed E-state index contributed by atoms with van der Waals surface area (Å²) in [6.45, 7) is 7.88. The first-order chi connectivity index (χ1) is 7.65. The highest BCUT2D eigenvalue weighted by Crippen LogP contribution is 2.16. The van der Waals surface area contributed by atoms with Crippen LogP contribution in [-0.2, 0) is 4.74 Å². The van der Waals surface area contributed by atoms with Crippen LogP contribution in [0, 0.1) is 6.92 Å². The summed E-state index contributed by atoms with van der Waals surface area (Å²) < 4.78 is 5.32. The molecule has 1 aromatic heterocycles. The van der Waals surface area contributed by atoms with Crippen LogP contribution in [-0.4, -0.2) is 29.2 Å². The molecule has 0 radical (unpaired) electrons. The Morgan fingerprint density at radius 3 is 2.88 bits per heavy atom. The minimum absolute atomic E-state index is 0.363. The monoisotopic (exact) mass is 221 g/mol. The van der Waals surface area contributed by atoms with Crippen LogP contribution in [0.5, 0.6) is 0 Å². The molecule has 88 valence electrons. The molecule has 1 fully saturated rings. The summed E-state index contributed by atoms with van der Waals surface area (Å²) in [5, 5.41) is 3.33. The molecule has 1 aliphatic rings. The molecule has 16 heavy (non-hydrogen) atoms. The van der Waals surface area contributed by atoms with Crippen molar-refractivity contribution >= 4 is 5.95 Å². The van der Waals surface area contributed by atoms with E-state index in [1.54, 1.807) is 0 Å². The molecule has 2 heterocycles. The molecule has 4 heteroatoms. The summed E-state index contributed by atoms with van der Waals surface area (Å²) in [7, 11) is 0. The molecule has 0 aromatic carbocycles. The molecule has 1 unspecified atom stereocenters. The van der Waals surface area contributed by atoms with Gasteiger partial charge in [0.05, 0.1) is 12.6 Å². The van der Waals surface area contributed by atoms with Gasteiger partial charge in [-0.15, -0.1) is 0 Å². The number of rotatable bonds is 3. The van der Waals surface area contributed by atoms with Gasteiger partial charge in [-0.2, -0.15) is 0 Å². The van der Waals surface area contributed by atoms with E-state index >= 15 is 0 Å². The van der Waals surface area contributed by atoms with Crippen molar-refractivity contribution in [1.82, 2.24) is 9.97 Å². The number of aryl methyl sites for hydroxylation is 1. The Kier molecular flexibility index (Phi) is 3.39. The SMILES string of the molecule is Cc1cc(C(C)C)nc(NC2CCOC2)n1. The molecule has 0 spiro atoms. The average Bonchev–Trinajstić information content (AvgIpc) is 2.69. The number of nitrogens with zero attached hydrogens (tertiary/aromatic N) is 2. The maximum Gasteiger partial charge on any atom is 0.223 e. The second kappa shape index (κ2) is 4.78. The molecule has 0 aliphatic carbocycles. The second-order valence-corrected chi connectivity index (χ2v) is 4.62. The topological polar surface area (TPSA) is 47.0 Å². The van der Waals surface area contributed by atoms with Crippen molar-refractivity contribution in [3.05, 3.63) is 17.5 Å². The molecule has 4 nitrogen and oxygen atoms in total. The van der Waals surface area contributed by atoms with Crippen LogP contribution in [0.4, 0.5) is 5.95 Å². The quantitative estimate of drug-likeness (QED) is 0.849. The molecule has 0 saturated carbocycles. The highest BCUT2D eigenvalue weighted by atomic mass is 16.5. The molecule has 0 bridgehead atoms. The zero-order valence-electron chi connectivity index (χ0n) is 10.2. The summed E-state index contributed by atoms with van der Waals surface area (Å²) in [4.78, 5) is 8.92. The molecular formula is C12H19N3O. The number of ether oxygens (including phenoxy) is 1. The molecular weight excluding hydrogens is 202 g/mol. The first kappa shape index (κ1) is 11.3. The number of anilines is 1. The van der Waals surface area contributed by atoms with Crippen LogP contribution in [0.1, 0.15) is 37.6 Å². The lowest BCUT2D eigenvalue weighted by atomic mass is 10.1. The van der Waals surface area contributed by atoms with Crippen LogP contribution < -0.4 is 5.32 Å². The van der Waals surface area contributed by atoms with Gasteiger partial charge in [0.15, 0.2) is 0 Å². The molecule has 1 N–H and O–H groups in total. The normalized spacial score (nSPS) is 20.4. The van der Waals surface area contributed by atoms with Gasteiger partial charge in [0, 0.05) is 18.0 Å². The zero-order chi connectivity index (χ0) is 11.5. The Morgan fingerprint density at radius 2 is 2.25 bits per heavy atom. The van der Waals surface area contributed by atoms with Gasteiger partial charge in [-0.3, -0.25) is 0 Å². The first-order valence-corrected chi connectivity index (χ1v) is 5.85. The van der Waals surface area contributed by atoms with E-state index in [0.717, 1.165) is 37.0 Å². The van der Waals surface area contributed by atoms with Gasteiger partial charge < -0.3 is 10.1 Å². The van der Waals surface area contributed by atoms with E-state index in [4.69, 9.17) is 4.74 Å². The third kappa shape index (κ3) is 2.70. The average molecular weight is 221 g/mol. The fourth-order valence-electron chi connectivity index (χ4n) is 1.78. The fraction of sp³-hybridized carbons (Fsp3) is 0.667. The lowest BCUT2D eigenvalue weighted by molar-refractivity contribution is 0.195. The maximum absolute atomic E-state index is 5.32. The van der Waals surface area contributed by atoms with E-state index in [0.29, 0.717) is 12.0 Å². The maximum atomic E-state index is 5.32. The Morgan fingerprint density at radius 1 is 1.44 bits per heavy atom. The Labute approximate surface area is 96.4 Å². The van der Waals surface area contributed by atoms with Crippen LogP contribution in [0.2, 0.25) is 0 Å². The Balaban J connectivity index is 2.13. The second-order valence-electron chi connectivity index (χ2n) is 4.62. The molecule has 2 rings (SSSR count). The molecule has 1 atom stereocenters. The van der Waals surface area contributed by atoms with Gasteiger partial charge in [-0.1, -0.05) is 13.8 Å². The van der Waals surface area contributed by atoms with Gasteiger partial charge in [-0.05, 0) is 25.3 Å². The summed E-state index contributed by atoms with van der Waals surface area (Å²) in [5.74, 6) is 1.17. The molecule has 1 aliphatic heterocycles. The molecule has 1 aromatic rings. The van der Waals surface area contributed by atoms with E-state index in [1.807, 2.05) is 13.0 Å². The third-order valence-electron chi connectivity index (χ3n) is 2.73. The fourth-order valence-corrected chi connectivity index (χ4v) is 1.78. The third-order valence-corrected chi connectivity index (χ3v) is 2.73. The highest BCUT2D eigenvalue weighted by Gasteiger charge is 2.16. The Hall–Kier alpha value is -1.16. The largest absolute Gasteiger partial charge is 0.379 e. The van der Waals surface area contributed by atoms with Crippen molar-refractivity contribution in [1.29, 1.82) is 0 Å². The number of hydrogen-bond acceptors (Lipinski definition) is 4. The van der Waals surface area contributed by atoms with Gasteiger partial charge >= 0.3 is 0 Å². The van der Waals surface area contributed by atoms with Crippen molar-refractivity contribution in [2.45, 2.75) is 39.2 Å². The smallest absolute Gasteiger partial charge is 0.223 e. The van der Waals surface area contributed by atoms with Gasteiger partial charge in [0.2, 0.25) is 5.95 Å². The summed E-state index contributed by atoms with van der Waals surface area (Å²) in [6, 6.07) is 2.41. The highest BCUT2D eigenvalue weighted by molar-refractivity contribution is 5.30. The van der Waals surface area contributed by atoms with Gasteiger partial charge in [0.1, 0.15) is 0 Å². The minimum atomic E-state index is 0.363. The van der Waals surface area contributed by atoms with Gasteiger partial charge in [0.25, 0.3) is 0 Å². The standard InChI is InChI=1S/C12H19N3O/c1-8(2)11-6-9(3)13-12(15-11)14-10-4-5-16-7-10/h6,8,10H,4-5,7H2,1-3H3,(H,13,14,15). The number of nitrogens with one attached hydrogen (secondary N) is 1. The van der Waals surface area contributed by atoms with E-state index in [2.05, 4.69) is 29.1 Å². The van der Waals surface area contributed by atoms with Crippen LogP contribution in [0.3, 0.4) is 0 Å². The van der Waals surface area contributed by atoms with Crippen molar-refractivity contribution in [3.63, 3.8) is 0 Å². The molecule has 1 saturated heterocycles. The minimum Gasteiger partial charge on any atom is -0.379 e. The van der Waals surface area contributed by atoms with Crippen molar-refractivity contribution in [3.8, 4) is 0 Å². The number of aromatic nitrogens is 2. The van der Waals surface area contributed by atoms with Crippen LogP contribution in [0.15, 0.2) is 6.07 Å². The van der Waals surface area contributed by atoms with Crippen LogP contribution >= 0.6 is 0 Å². The van der Waals surface area contributed by atoms with Crippen molar-refractivity contribution < 1.29 is 4.74 Å². The Bertz CT molecular complexity index is 359. The predicted molar refractivity (Wildman–Crippen MR) is 63.7 cm³/mol. The lowest BCUT2D eigenvalue weighted by Gasteiger charge is -2.13. The van der Waals surface area contributed by atoms with E-state index in [-0.39, 0.29) is 0 Å². The number of hydrogen-bond donors (Lipinski definition) is 1. The van der Waals surface area contributed by atoms with E-state index in [1.165, 1.54) is 0 Å². The lowest BCUT2D eigenvalue weighted by Crippen LogP contribution is -2.21. The summed E-state index contributed by atoms with van der Waals surface area (Å²) >= 11 is 0. The summed E-state index contributed by atoms with van der Waals surface area (Å²) in [6.07, 6.45) is 1.04. The van der Waals surface area contributed by atoms with Crippen molar-refractivity contribution in [2.24, 2.45) is 0 Å². The zero-order valence-corrected chi connectivity index (χ0v) is 10.2. The predicted octanol–water partition coefficient (Wildman–Crippen LogP) is 2.11. The van der Waals surface area contributed by atoms with Gasteiger partial charge in [-0.25, -0.2) is 9.97 Å². The summed E-state index contributed by atoms with van der Waals surface area (Å²) in [5.41, 5.74) is 2.11.